The van der Waals surface area contributed by atoms with Crippen LogP contribution >= 0.6 is 11.8 Å². The Morgan fingerprint density at radius 1 is 1.26 bits per heavy atom. The zero-order valence-electron chi connectivity index (χ0n) is 11.1. The summed E-state index contributed by atoms with van der Waals surface area (Å²) in [4.78, 5) is 13.9. The van der Waals surface area contributed by atoms with Gasteiger partial charge in [-0.05, 0) is 29.8 Å². The highest BCUT2D eigenvalue weighted by Crippen LogP contribution is 2.16. The summed E-state index contributed by atoms with van der Waals surface area (Å²) in [5, 5.41) is 0. The molecule has 0 saturated carbocycles. The van der Waals surface area contributed by atoms with E-state index in [-0.39, 0.29) is 5.91 Å². The number of nitrogens with one attached hydrogen (secondary N) is 1. The third-order valence-corrected chi connectivity index (χ3v) is 4.39. The third-order valence-electron chi connectivity index (χ3n) is 3.34. The van der Waals surface area contributed by atoms with E-state index >= 15 is 0 Å². The summed E-state index contributed by atoms with van der Waals surface area (Å²) >= 11 is 2.03. The number of rotatable bonds is 4. The molecule has 0 aromatic heterocycles. The summed E-state index contributed by atoms with van der Waals surface area (Å²) in [6.45, 7) is 3.20. The Labute approximate surface area is 118 Å². The van der Waals surface area contributed by atoms with Crippen molar-refractivity contribution < 1.29 is 4.79 Å². The normalized spacial score (nSPS) is 16.9. The molecule has 1 aliphatic rings. The minimum absolute atomic E-state index is 0.140. The van der Waals surface area contributed by atoms with E-state index in [9.17, 15) is 4.79 Å². The van der Waals surface area contributed by atoms with Crippen LogP contribution in [-0.4, -0.2) is 35.4 Å². The van der Waals surface area contributed by atoms with Gasteiger partial charge in [-0.25, -0.2) is 5.84 Å². The summed E-state index contributed by atoms with van der Waals surface area (Å²) < 4.78 is 0. The van der Waals surface area contributed by atoms with Crippen LogP contribution in [0.3, 0.4) is 0 Å². The average Bonchev–Trinajstić information content (AvgIpc) is 2.69. The fourth-order valence-electron chi connectivity index (χ4n) is 2.30. The van der Waals surface area contributed by atoms with Gasteiger partial charge in [0.15, 0.2) is 0 Å². The lowest BCUT2D eigenvalue weighted by molar-refractivity contribution is -0.120. The van der Waals surface area contributed by atoms with E-state index in [1.54, 1.807) is 0 Å². The standard InChI is InChI=1S/C14H21N3OS/c15-16-14(18)10-12-4-1-2-5-13(12)11-17-6-3-8-19-9-7-17/h1-2,4-5H,3,6-11,15H2,(H,16,18). The second-order valence-corrected chi connectivity index (χ2v) is 5.98. The number of nitrogens with two attached hydrogens (primary N) is 1. The molecule has 0 aliphatic carbocycles. The molecule has 0 radical (unpaired) electrons. The van der Waals surface area contributed by atoms with Crippen molar-refractivity contribution >= 4 is 17.7 Å². The molecule has 1 saturated heterocycles. The molecule has 1 amide bonds. The second-order valence-electron chi connectivity index (χ2n) is 4.76. The van der Waals surface area contributed by atoms with Crippen molar-refractivity contribution in [2.24, 2.45) is 5.84 Å². The highest BCUT2D eigenvalue weighted by molar-refractivity contribution is 7.99. The van der Waals surface area contributed by atoms with Crippen LogP contribution in [0.2, 0.25) is 0 Å². The maximum atomic E-state index is 11.4. The highest BCUT2D eigenvalue weighted by Gasteiger charge is 2.12. The number of thioether (sulfide) groups is 1. The number of hydrazine groups is 1. The van der Waals surface area contributed by atoms with E-state index in [1.165, 1.54) is 23.5 Å². The predicted octanol–water partition coefficient (Wildman–Crippen LogP) is 1.16. The first-order valence-electron chi connectivity index (χ1n) is 6.66. The monoisotopic (exact) mass is 279 g/mol. The molecule has 0 atom stereocenters. The van der Waals surface area contributed by atoms with Crippen LogP contribution in [0.4, 0.5) is 0 Å². The minimum Gasteiger partial charge on any atom is -0.298 e. The lowest BCUT2D eigenvalue weighted by atomic mass is 10.0. The summed E-state index contributed by atoms with van der Waals surface area (Å²) in [6.07, 6.45) is 1.60. The molecule has 1 fully saturated rings. The number of carbonyl (C=O) groups is 1. The number of hydrogen-bond donors (Lipinski definition) is 2. The SMILES string of the molecule is NNC(=O)Cc1ccccc1CN1CCCSCC1. The van der Waals surface area contributed by atoms with E-state index in [0.717, 1.165) is 25.2 Å². The van der Waals surface area contributed by atoms with Crippen molar-refractivity contribution in [2.75, 3.05) is 24.6 Å². The maximum absolute atomic E-state index is 11.4. The summed E-state index contributed by atoms with van der Waals surface area (Å²) in [5.74, 6) is 7.48. The Morgan fingerprint density at radius 3 is 2.84 bits per heavy atom. The van der Waals surface area contributed by atoms with E-state index in [4.69, 9.17) is 5.84 Å². The van der Waals surface area contributed by atoms with E-state index in [1.807, 2.05) is 30.0 Å². The first-order chi connectivity index (χ1) is 9.29. The molecular formula is C14H21N3OS. The Balaban J connectivity index is 2.03. The Hall–Kier alpha value is -1.04. The summed E-state index contributed by atoms with van der Waals surface area (Å²) in [6, 6.07) is 8.13. The van der Waals surface area contributed by atoms with Gasteiger partial charge in [0.1, 0.15) is 0 Å². The fourth-order valence-corrected chi connectivity index (χ4v) is 3.23. The van der Waals surface area contributed by atoms with Crippen LogP contribution in [-0.2, 0) is 17.8 Å². The Bertz CT molecular complexity index is 417. The van der Waals surface area contributed by atoms with Crippen LogP contribution < -0.4 is 11.3 Å². The number of amides is 1. The van der Waals surface area contributed by atoms with Gasteiger partial charge in [0.05, 0.1) is 6.42 Å². The average molecular weight is 279 g/mol. The third kappa shape index (κ3) is 4.53. The van der Waals surface area contributed by atoms with E-state index in [0.29, 0.717) is 6.42 Å². The lowest BCUT2D eigenvalue weighted by Gasteiger charge is -2.21. The van der Waals surface area contributed by atoms with Crippen LogP contribution in [0.25, 0.3) is 0 Å². The van der Waals surface area contributed by atoms with Gasteiger partial charge >= 0.3 is 0 Å². The largest absolute Gasteiger partial charge is 0.298 e. The second kappa shape index (κ2) is 7.53. The minimum atomic E-state index is -0.140. The van der Waals surface area contributed by atoms with Gasteiger partial charge in [0.2, 0.25) is 5.91 Å². The maximum Gasteiger partial charge on any atom is 0.238 e. The van der Waals surface area contributed by atoms with Crippen molar-refractivity contribution in [1.82, 2.24) is 10.3 Å². The van der Waals surface area contributed by atoms with Crippen molar-refractivity contribution in [3.63, 3.8) is 0 Å². The van der Waals surface area contributed by atoms with E-state index in [2.05, 4.69) is 16.4 Å². The van der Waals surface area contributed by atoms with Crippen LogP contribution in [0, 0.1) is 0 Å². The van der Waals surface area contributed by atoms with Gasteiger partial charge in [-0.1, -0.05) is 24.3 Å². The summed E-state index contributed by atoms with van der Waals surface area (Å²) in [7, 11) is 0. The van der Waals surface area contributed by atoms with Gasteiger partial charge in [-0.3, -0.25) is 15.1 Å². The zero-order chi connectivity index (χ0) is 13.5. The molecule has 2 rings (SSSR count). The molecule has 0 unspecified atom stereocenters. The fraction of sp³-hybridized carbons (Fsp3) is 0.500. The smallest absolute Gasteiger partial charge is 0.238 e. The number of hydrogen-bond acceptors (Lipinski definition) is 4. The van der Waals surface area contributed by atoms with Gasteiger partial charge < -0.3 is 0 Å². The lowest BCUT2D eigenvalue weighted by Crippen LogP contribution is -2.32. The molecule has 4 nitrogen and oxygen atoms in total. The van der Waals surface area contributed by atoms with Crippen LogP contribution in [0.15, 0.2) is 24.3 Å². The quantitative estimate of drug-likeness (QED) is 0.493. The molecule has 3 N–H and O–H groups in total. The van der Waals surface area contributed by atoms with E-state index < -0.39 is 0 Å². The van der Waals surface area contributed by atoms with Gasteiger partial charge in [-0.15, -0.1) is 0 Å². The Kier molecular flexibility index (Phi) is 5.69. The number of benzene rings is 1. The van der Waals surface area contributed by atoms with Gasteiger partial charge in [-0.2, -0.15) is 11.8 Å². The molecule has 19 heavy (non-hydrogen) atoms. The first-order valence-corrected chi connectivity index (χ1v) is 7.81. The molecule has 1 aliphatic heterocycles. The predicted molar refractivity (Wildman–Crippen MR) is 79.7 cm³/mol. The topological polar surface area (TPSA) is 58.4 Å². The first kappa shape index (κ1) is 14.4. The molecular weight excluding hydrogens is 258 g/mol. The zero-order valence-corrected chi connectivity index (χ0v) is 11.9. The van der Waals surface area contributed by atoms with Gasteiger partial charge in [0, 0.05) is 18.8 Å². The van der Waals surface area contributed by atoms with Crippen molar-refractivity contribution in [2.45, 2.75) is 19.4 Å². The molecule has 1 heterocycles. The Morgan fingerprint density at radius 2 is 2.05 bits per heavy atom. The molecule has 104 valence electrons. The van der Waals surface area contributed by atoms with Crippen LogP contribution in [0.5, 0.6) is 0 Å². The molecule has 1 aromatic carbocycles. The van der Waals surface area contributed by atoms with Crippen molar-refractivity contribution in [3.8, 4) is 0 Å². The van der Waals surface area contributed by atoms with Crippen molar-refractivity contribution in [1.29, 1.82) is 0 Å². The van der Waals surface area contributed by atoms with Crippen molar-refractivity contribution in [3.05, 3.63) is 35.4 Å². The number of nitrogens with zero attached hydrogens (tertiary/aromatic N) is 1. The van der Waals surface area contributed by atoms with Gasteiger partial charge in [0.25, 0.3) is 0 Å². The molecule has 0 spiro atoms. The molecule has 1 aromatic rings. The highest BCUT2D eigenvalue weighted by atomic mass is 32.2. The van der Waals surface area contributed by atoms with Crippen LogP contribution in [0.1, 0.15) is 17.5 Å². The number of carbonyl (C=O) groups excluding carboxylic acids is 1. The summed E-state index contributed by atoms with van der Waals surface area (Å²) in [5.41, 5.74) is 4.50. The molecule has 0 bridgehead atoms. The molecule has 5 heteroatoms.